The van der Waals surface area contributed by atoms with E-state index in [1.807, 2.05) is 55.3 Å². The summed E-state index contributed by atoms with van der Waals surface area (Å²) in [6, 6.07) is 14.5. The van der Waals surface area contributed by atoms with Gasteiger partial charge in [-0.2, -0.15) is 5.10 Å². The molecule has 0 bridgehead atoms. The van der Waals surface area contributed by atoms with Gasteiger partial charge in [-0.1, -0.05) is 23.8 Å². The first-order valence-corrected chi connectivity index (χ1v) is 12.7. The van der Waals surface area contributed by atoms with Crippen LogP contribution in [-0.4, -0.2) is 51.2 Å². The van der Waals surface area contributed by atoms with E-state index in [1.54, 1.807) is 28.3 Å². The predicted octanol–water partition coefficient (Wildman–Crippen LogP) is 5.10. The fraction of sp³-hybridized carbons (Fsp3) is 0.296. The number of piperidine rings is 1. The molecule has 0 aliphatic carbocycles. The van der Waals surface area contributed by atoms with Crippen molar-refractivity contribution in [3.05, 3.63) is 82.7 Å². The lowest BCUT2D eigenvalue weighted by molar-refractivity contribution is 0.00789. The third kappa shape index (κ3) is 3.91. The number of likely N-dealkylation sites (tertiary alicyclic amines) is 1. The molecule has 6 rings (SSSR count). The van der Waals surface area contributed by atoms with Crippen LogP contribution in [0.15, 0.2) is 60.9 Å². The van der Waals surface area contributed by atoms with Crippen LogP contribution in [0, 0.1) is 25.6 Å². The zero-order chi connectivity index (χ0) is 24.1. The fourth-order valence-corrected chi connectivity index (χ4v) is 6.18. The van der Waals surface area contributed by atoms with Crippen molar-refractivity contribution in [2.75, 3.05) is 24.5 Å². The number of nitrogens with zero attached hydrogens (tertiary/aromatic N) is 5. The van der Waals surface area contributed by atoms with E-state index in [9.17, 15) is 9.18 Å². The van der Waals surface area contributed by atoms with Crippen LogP contribution in [0.5, 0.6) is 0 Å². The smallest absolute Gasteiger partial charge is 0.256 e. The Hall–Kier alpha value is -3.52. The maximum atomic E-state index is 13.8. The largest absolute Gasteiger partial charge is 0.346 e. The number of hydrogen-bond acceptors (Lipinski definition) is 5. The number of amides is 1. The first-order valence-electron chi connectivity index (χ1n) is 11.9. The number of benzene rings is 2. The molecule has 2 aromatic heterocycles. The van der Waals surface area contributed by atoms with E-state index in [4.69, 9.17) is 4.98 Å². The number of fused-ring (bicyclic) bond motifs is 1. The summed E-state index contributed by atoms with van der Waals surface area (Å²) in [5, 5.41) is 5.28. The highest BCUT2D eigenvalue weighted by Gasteiger charge is 2.46. The van der Waals surface area contributed by atoms with Crippen molar-refractivity contribution >= 4 is 22.4 Å². The van der Waals surface area contributed by atoms with Gasteiger partial charge in [-0.05, 0) is 50.6 Å². The third-order valence-electron chi connectivity index (χ3n) is 7.10. The van der Waals surface area contributed by atoms with E-state index >= 15 is 0 Å². The minimum Gasteiger partial charge on any atom is -0.346 e. The van der Waals surface area contributed by atoms with Gasteiger partial charge in [0, 0.05) is 48.4 Å². The van der Waals surface area contributed by atoms with Crippen LogP contribution in [0.25, 0.3) is 16.9 Å². The molecule has 0 saturated carbocycles. The van der Waals surface area contributed by atoms with Crippen LogP contribution >= 0.6 is 11.3 Å². The number of rotatable bonds is 4. The van der Waals surface area contributed by atoms with Gasteiger partial charge in [-0.25, -0.2) is 14.1 Å². The van der Waals surface area contributed by atoms with Gasteiger partial charge in [0.15, 0.2) is 5.13 Å². The van der Waals surface area contributed by atoms with Gasteiger partial charge in [-0.15, -0.1) is 11.3 Å². The number of carbonyl (C=O) groups excluding carboxylic acids is 1. The molecule has 4 heterocycles. The lowest BCUT2D eigenvalue weighted by Gasteiger charge is -2.53. The summed E-state index contributed by atoms with van der Waals surface area (Å²) >= 11 is 1.63. The molecular formula is C27H26FN5OS. The van der Waals surface area contributed by atoms with E-state index < -0.39 is 0 Å². The molecule has 1 amide bonds. The van der Waals surface area contributed by atoms with E-state index in [1.165, 1.54) is 12.1 Å². The first kappa shape index (κ1) is 22.0. The Kier molecular flexibility index (Phi) is 5.40. The van der Waals surface area contributed by atoms with Crippen LogP contribution in [0.3, 0.4) is 0 Å². The first-order chi connectivity index (χ1) is 17.0. The van der Waals surface area contributed by atoms with Gasteiger partial charge >= 0.3 is 0 Å². The molecule has 0 radical (unpaired) electrons. The molecule has 2 fully saturated rings. The Balaban J connectivity index is 1.24. The molecule has 178 valence electrons. The second kappa shape index (κ2) is 8.61. The van der Waals surface area contributed by atoms with Gasteiger partial charge in [-0.3, -0.25) is 4.79 Å². The van der Waals surface area contributed by atoms with Crippen molar-refractivity contribution in [2.24, 2.45) is 5.92 Å². The zero-order valence-electron chi connectivity index (χ0n) is 19.7. The lowest BCUT2D eigenvalue weighted by Crippen LogP contribution is -2.65. The van der Waals surface area contributed by atoms with Crippen molar-refractivity contribution in [3.8, 4) is 16.9 Å². The van der Waals surface area contributed by atoms with Gasteiger partial charge < -0.3 is 9.80 Å². The van der Waals surface area contributed by atoms with Crippen LogP contribution in [0.1, 0.15) is 27.2 Å². The normalized spacial score (nSPS) is 19.4. The predicted molar refractivity (Wildman–Crippen MR) is 136 cm³/mol. The summed E-state index contributed by atoms with van der Waals surface area (Å²) in [7, 11) is 0. The minimum absolute atomic E-state index is 0.0538. The monoisotopic (exact) mass is 487 g/mol. The molecule has 2 aromatic carbocycles. The Morgan fingerprint density at radius 3 is 2.80 bits per heavy atom. The van der Waals surface area contributed by atoms with Gasteiger partial charge in [0.05, 0.1) is 23.0 Å². The number of thiazole rings is 1. The molecule has 2 aliphatic rings. The summed E-state index contributed by atoms with van der Waals surface area (Å²) in [4.78, 5) is 23.9. The molecule has 2 saturated heterocycles. The van der Waals surface area contributed by atoms with Crippen LogP contribution in [0.4, 0.5) is 9.52 Å². The quantitative estimate of drug-likeness (QED) is 0.402. The molecule has 8 heteroatoms. The second-order valence-electron chi connectivity index (χ2n) is 9.40. The molecule has 6 nitrogen and oxygen atoms in total. The van der Waals surface area contributed by atoms with Crippen molar-refractivity contribution < 1.29 is 9.18 Å². The number of carbonyl (C=O) groups is 1. The minimum atomic E-state index is -0.258. The highest BCUT2D eigenvalue weighted by molar-refractivity contribution is 7.16. The fourth-order valence-electron chi connectivity index (χ4n) is 5.21. The van der Waals surface area contributed by atoms with E-state index in [0.717, 1.165) is 58.6 Å². The summed E-state index contributed by atoms with van der Waals surface area (Å²) in [6.45, 7) is 6.50. The number of anilines is 1. The van der Waals surface area contributed by atoms with Gasteiger partial charge in [0.2, 0.25) is 0 Å². The van der Waals surface area contributed by atoms with E-state index in [2.05, 4.69) is 10.00 Å². The zero-order valence-corrected chi connectivity index (χ0v) is 20.5. The van der Waals surface area contributed by atoms with Crippen LogP contribution < -0.4 is 4.90 Å². The molecule has 4 aromatic rings. The molecular weight excluding hydrogens is 461 g/mol. The third-order valence-corrected chi connectivity index (χ3v) is 8.13. The van der Waals surface area contributed by atoms with E-state index in [-0.39, 0.29) is 17.8 Å². The average Bonchev–Trinajstić information content (AvgIpc) is 3.50. The second-order valence-corrected chi connectivity index (χ2v) is 10.6. The highest BCUT2D eigenvalue weighted by Crippen LogP contribution is 2.39. The molecule has 2 atom stereocenters. The Morgan fingerprint density at radius 1 is 1.11 bits per heavy atom. The number of hydrogen-bond donors (Lipinski definition) is 0. The van der Waals surface area contributed by atoms with Crippen molar-refractivity contribution in [2.45, 2.75) is 26.3 Å². The number of aryl methyl sites for hydroxylation is 2. The van der Waals surface area contributed by atoms with Gasteiger partial charge in [0.1, 0.15) is 5.82 Å². The van der Waals surface area contributed by atoms with Crippen LogP contribution in [0.2, 0.25) is 0 Å². The van der Waals surface area contributed by atoms with Gasteiger partial charge in [0.25, 0.3) is 5.91 Å². The maximum Gasteiger partial charge on any atom is 0.256 e. The Labute approximate surface area is 207 Å². The summed E-state index contributed by atoms with van der Waals surface area (Å²) in [5.74, 6) is 0.307. The average molecular weight is 488 g/mol. The number of halogens is 1. The van der Waals surface area contributed by atoms with Crippen LogP contribution in [-0.2, 0) is 0 Å². The van der Waals surface area contributed by atoms with Crippen molar-refractivity contribution in [1.82, 2.24) is 19.7 Å². The topological polar surface area (TPSA) is 54.3 Å². The SMILES string of the molecule is Cc1ccc(-n2cccn2)c(C(=O)N2C[C@@H]3CCN(c4nc(-c5cccc(F)c5)c(C)s4)C[C@@H]32)c1. The lowest BCUT2D eigenvalue weighted by atomic mass is 9.82. The molecule has 0 unspecified atom stereocenters. The summed E-state index contributed by atoms with van der Waals surface area (Å²) in [6.07, 6.45) is 4.62. The molecule has 35 heavy (non-hydrogen) atoms. The maximum absolute atomic E-state index is 13.8. The highest BCUT2D eigenvalue weighted by atomic mass is 32.1. The van der Waals surface area contributed by atoms with E-state index in [0.29, 0.717) is 11.5 Å². The van der Waals surface area contributed by atoms with Crippen molar-refractivity contribution in [3.63, 3.8) is 0 Å². The Morgan fingerprint density at radius 2 is 2.00 bits per heavy atom. The molecule has 0 spiro atoms. The number of aromatic nitrogens is 3. The van der Waals surface area contributed by atoms with Crippen molar-refractivity contribution in [1.29, 1.82) is 0 Å². The molecule has 0 N–H and O–H groups in total. The molecule has 2 aliphatic heterocycles. The summed E-state index contributed by atoms with van der Waals surface area (Å²) < 4.78 is 15.5. The summed E-state index contributed by atoms with van der Waals surface area (Å²) in [5.41, 5.74) is 4.16. The Bertz CT molecular complexity index is 1400. The standard InChI is InChI=1S/C27H26FN5OS/c1-17-7-8-23(33-11-4-10-29-33)22(13-17)26(34)32-15-20-9-12-31(16-24(20)32)27-30-25(18(2)35-27)19-5-3-6-21(28)14-19/h3-8,10-11,13-14,20,24H,9,12,15-16H2,1-2H3/t20-,24-/m0/s1.